The molecular formula is C13H16ClF2NO2S. The monoisotopic (exact) mass is 323 g/mol. The molecule has 1 fully saturated rings. The van der Waals surface area contributed by atoms with Crippen molar-refractivity contribution in [1.29, 1.82) is 0 Å². The molecule has 0 aliphatic heterocycles. The first-order valence-corrected chi connectivity index (χ1v) is 8.28. The van der Waals surface area contributed by atoms with Crippen LogP contribution in [0, 0.1) is 17.6 Å². The van der Waals surface area contributed by atoms with Gasteiger partial charge in [-0.15, -0.1) is 11.6 Å². The number of hydrogen-bond acceptors (Lipinski definition) is 2. The van der Waals surface area contributed by atoms with Gasteiger partial charge in [-0.1, -0.05) is 0 Å². The smallest absolute Gasteiger partial charge is 0.207 e. The highest BCUT2D eigenvalue weighted by molar-refractivity contribution is 7.89. The van der Waals surface area contributed by atoms with Crippen LogP contribution in [0.15, 0.2) is 17.0 Å². The maximum absolute atomic E-state index is 13.8. The van der Waals surface area contributed by atoms with Gasteiger partial charge < -0.3 is 0 Å². The van der Waals surface area contributed by atoms with E-state index < -0.39 is 26.6 Å². The molecule has 7 heteroatoms. The van der Waals surface area contributed by atoms with E-state index in [0.717, 1.165) is 29.3 Å². The molecule has 3 nitrogen and oxygen atoms in total. The van der Waals surface area contributed by atoms with Crippen LogP contribution in [0.3, 0.4) is 0 Å². The molecule has 0 saturated heterocycles. The number of benzene rings is 1. The highest BCUT2D eigenvalue weighted by Crippen LogP contribution is 2.37. The van der Waals surface area contributed by atoms with Crippen molar-refractivity contribution in [2.75, 3.05) is 7.05 Å². The summed E-state index contributed by atoms with van der Waals surface area (Å²) in [6.45, 7) is 1.77. The topological polar surface area (TPSA) is 37.4 Å². The first-order chi connectivity index (χ1) is 9.28. The first kappa shape index (κ1) is 15.7. The fourth-order valence-electron chi connectivity index (χ4n) is 2.13. The number of rotatable bonds is 5. The van der Waals surface area contributed by atoms with Crippen molar-refractivity contribution >= 4 is 21.6 Å². The van der Waals surface area contributed by atoms with Gasteiger partial charge in [-0.05, 0) is 43.4 Å². The quantitative estimate of drug-likeness (QED) is 0.781. The summed E-state index contributed by atoms with van der Waals surface area (Å²) in [5.74, 6) is -2.34. The van der Waals surface area contributed by atoms with Gasteiger partial charge >= 0.3 is 0 Å². The minimum Gasteiger partial charge on any atom is -0.207 e. The molecule has 0 radical (unpaired) electrons. The number of hydrogen-bond donors (Lipinski definition) is 0. The molecule has 1 aliphatic rings. The summed E-state index contributed by atoms with van der Waals surface area (Å²) in [6, 6.07) is 1.77. The van der Waals surface area contributed by atoms with Gasteiger partial charge in [0.2, 0.25) is 10.0 Å². The van der Waals surface area contributed by atoms with Crippen LogP contribution >= 0.6 is 11.6 Å². The summed E-state index contributed by atoms with van der Waals surface area (Å²) in [7, 11) is -2.68. The zero-order valence-corrected chi connectivity index (χ0v) is 12.8. The average Bonchev–Trinajstić information content (AvgIpc) is 3.24. The Morgan fingerprint density at radius 3 is 2.50 bits per heavy atom. The van der Waals surface area contributed by atoms with E-state index in [4.69, 9.17) is 11.6 Å². The predicted octanol–water partition coefficient (Wildman–Crippen LogP) is 3.12. The van der Waals surface area contributed by atoms with Crippen molar-refractivity contribution in [2.45, 2.75) is 36.6 Å². The Morgan fingerprint density at radius 1 is 1.40 bits per heavy atom. The van der Waals surface area contributed by atoms with Crippen molar-refractivity contribution in [1.82, 2.24) is 4.31 Å². The standard InChI is InChI=1S/C13H16ClF2NO2S/c1-8(10-3-4-10)17(2)20(18,19)12-6-9(7-14)5-11(15)13(12)16/h5-6,8,10H,3-4,7H2,1-2H3. The molecule has 1 unspecified atom stereocenters. The summed E-state index contributed by atoms with van der Waals surface area (Å²) < 4.78 is 53.3. The van der Waals surface area contributed by atoms with Gasteiger partial charge in [0.15, 0.2) is 11.6 Å². The zero-order chi connectivity index (χ0) is 15.1. The molecule has 0 aromatic heterocycles. The van der Waals surface area contributed by atoms with Crippen LogP contribution in [0.5, 0.6) is 0 Å². The minimum absolute atomic E-state index is 0.0817. The van der Waals surface area contributed by atoms with E-state index in [9.17, 15) is 17.2 Å². The van der Waals surface area contributed by atoms with Gasteiger partial charge in [0, 0.05) is 19.0 Å². The molecule has 0 N–H and O–H groups in total. The van der Waals surface area contributed by atoms with E-state index >= 15 is 0 Å². The fourth-order valence-corrected chi connectivity index (χ4v) is 3.83. The van der Waals surface area contributed by atoms with Gasteiger partial charge in [0.1, 0.15) is 4.90 Å². The first-order valence-electron chi connectivity index (χ1n) is 6.31. The summed E-state index contributed by atoms with van der Waals surface area (Å²) >= 11 is 5.58. The second-order valence-corrected chi connectivity index (χ2v) is 7.36. The number of nitrogens with zero attached hydrogens (tertiary/aromatic N) is 1. The number of alkyl halides is 1. The Bertz CT molecular complexity index is 617. The van der Waals surface area contributed by atoms with Crippen molar-refractivity contribution in [3.8, 4) is 0 Å². The molecular weight excluding hydrogens is 308 g/mol. The maximum Gasteiger partial charge on any atom is 0.246 e. The average molecular weight is 324 g/mol. The Kier molecular flexibility index (Phi) is 4.37. The molecule has 112 valence electrons. The third-order valence-corrected chi connectivity index (χ3v) is 6.00. The van der Waals surface area contributed by atoms with Crippen LogP contribution in [0.1, 0.15) is 25.3 Å². The van der Waals surface area contributed by atoms with E-state index in [1.807, 2.05) is 0 Å². The lowest BCUT2D eigenvalue weighted by atomic mass is 10.2. The van der Waals surface area contributed by atoms with Crippen LogP contribution < -0.4 is 0 Å². The highest BCUT2D eigenvalue weighted by Gasteiger charge is 2.37. The van der Waals surface area contributed by atoms with Crippen LogP contribution in [-0.2, 0) is 15.9 Å². The SMILES string of the molecule is CC(C1CC1)N(C)S(=O)(=O)c1cc(CCl)cc(F)c1F. The largest absolute Gasteiger partial charge is 0.246 e. The van der Waals surface area contributed by atoms with Gasteiger partial charge in [-0.2, -0.15) is 4.31 Å². The Labute approximate surface area is 122 Å². The van der Waals surface area contributed by atoms with Gasteiger partial charge in [-0.25, -0.2) is 17.2 Å². The third-order valence-electron chi connectivity index (χ3n) is 3.74. The van der Waals surface area contributed by atoms with Crippen LogP contribution in [0.4, 0.5) is 8.78 Å². The summed E-state index contributed by atoms with van der Waals surface area (Å²) in [6.07, 6.45) is 1.92. The Hall–Kier alpha value is -0.720. The summed E-state index contributed by atoms with van der Waals surface area (Å²) in [5, 5.41) is 0. The second-order valence-electron chi connectivity index (χ2n) is 5.12. The molecule has 20 heavy (non-hydrogen) atoms. The maximum atomic E-state index is 13.8. The Morgan fingerprint density at radius 2 is 2.00 bits per heavy atom. The van der Waals surface area contributed by atoms with Crippen molar-refractivity contribution in [3.05, 3.63) is 29.3 Å². The number of sulfonamides is 1. The van der Waals surface area contributed by atoms with E-state index in [2.05, 4.69) is 0 Å². The zero-order valence-electron chi connectivity index (χ0n) is 11.2. The molecule has 0 heterocycles. The van der Waals surface area contributed by atoms with E-state index in [1.54, 1.807) is 6.92 Å². The van der Waals surface area contributed by atoms with E-state index in [1.165, 1.54) is 7.05 Å². The lowest BCUT2D eigenvalue weighted by Crippen LogP contribution is -2.37. The molecule has 0 spiro atoms. The van der Waals surface area contributed by atoms with Gasteiger partial charge in [0.25, 0.3) is 0 Å². The Balaban J connectivity index is 2.45. The van der Waals surface area contributed by atoms with Crippen LogP contribution in [-0.4, -0.2) is 25.8 Å². The molecule has 0 amide bonds. The van der Waals surface area contributed by atoms with Crippen LogP contribution in [0.2, 0.25) is 0 Å². The molecule has 2 rings (SSSR count). The lowest BCUT2D eigenvalue weighted by molar-refractivity contribution is 0.354. The van der Waals surface area contributed by atoms with Crippen LogP contribution in [0.25, 0.3) is 0 Å². The molecule has 0 bridgehead atoms. The second kappa shape index (κ2) is 5.58. The molecule has 1 aliphatic carbocycles. The lowest BCUT2D eigenvalue weighted by Gasteiger charge is -2.24. The third kappa shape index (κ3) is 2.82. The van der Waals surface area contributed by atoms with E-state index in [0.29, 0.717) is 5.92 Å². The fraction of sp³-hybridized carbons (Fsp3) is 0.538. The van der Waals surface area contributed by atoms with Crippen molar-refractivity contribution < 1.29 is 17.2 Å². The van der Waals surface area contributed by atoms with E-state index in [-0.39, 0.29) is 17.5 Å². The minimum atomic E-state index is -4.07. The van der Waals surface area contributed by atoms with Crippen molar-refractivity contribution in [2.24, 2.45) is 5.92 Å². The van der Waals surface area contributed by atoms with Crippen molar-refractivity contribution in [3.63, 3.8) is 0 Å². The van der Waals surface area contributed by atoms with Gasteiger partial charge in [0.05, 0.1) is 0 Å². The summed E-state index contributed by atoms with van der Waals surface area (Å²) in [5.41, 5.74) is 0.233. The molecule has 1 aromatic carbocycles. The molecule has 1 aromatic rings. The molecule has 1 atom stereocenters. The summed E-state index contributed by atoms with van der Waals surface area (Å²) in [4.78, 5) is -0.650. The van der Waals surface area contributed by atoms with Gasteiger partial charge in [-0.3, -0.25) is 0 Å². The number of halogens is 3. The predicted molar refractivity (Wildman–Crippen MR) is 73.0 cm³/mol. The normalized spacial score (nSPS) is 17.5. The highest BCUT2D eigenvalue weighted by atomic mass is 35.5. The molecule has 1 saturated carbocycles.